The molecule has 0 saturated carbocycles. The molecule has 0 unspecified atom stereocenters. The van der Waals surface area contributed by atoms with Gasteiger partial charge in [0.25, 0.3) is 11.8 Å². The van der Waals surface area contributed by atoms with E-state index in [-0.39, 0.29) is 23.7 Å². The summed E-state index contributed by atoms with van der Waals surface area (Å²) in [6.45, 7) is 2.22. The van der Waals surface area contributed by atoms with Gasteiger partial charge in [-0.25, -0.2) is 4.39 Å². The summed E-state index contributed by atoms with van der Waals surface area (Å²) in [4.78, 5) is 28.9. The number of anilines is 1. The van der Waals surface area contributed by atoms with E-state index < -0.39 is 11.7 Å². The molecule has 162 valence electrons. The third-order valence-electron chi connectivity index (χ3n) is 5.11. The van der Waals surface area contributed by atoms with Gasteiger partial charge in [-0.2, -0.15) is 0 Å². The van der Waals surface area contributed by atoms with Gasteiger partial charge in [0.05, 0.1) is 12.8 Å². The summed E-state index contributed by atoms with van der Waals surface area (Å²) in [6.07, 6.45) is 0. The van der Waals surface area contributed by atoms with Crippen molar-refractivity contribution in [1.82, 2.24) is 10.3 Å². The first-order chi connectivity index (χ1) is 15.4. The van der Waals surface area contributed by atoms with E-state index in [0.29, 0.717) is 16.8 Å². The molecule has 4 rings (SSSR count). The van der Waals surface area contributed by atoms with E-state index in [1.165, 1.54) is 24.3 Å². The Morgan fingerprint density at radius 2 is 1.78 bits per heavy atom. The largest absolute Gasteiger partial charge is 0.497 e. The number of hydrogen-bond acceptors (Lipinski definition) is 3. The average Bonchev–Trinajstić information content (AvgIpc) is 3.15. The lowest BCUT2D eigenvalue weighted by Crippen LogP contribution is -2.25. The standard InChI is InChI=1S/C25H22FN3O3/c1-15-6-11-21-20(12-15)22(29-24(30)17-7-9-18(26)10-8-17)23(28-21)25(31)27-14-16-4-3-5-19(13-16)32-2/h3-13,28H,14H2,1-2H3,(H,27,31)(H,29,30). The van der Waals surface area contributed by atoms with Crippen LogP contribution in [0.3, 0.4) is 0 Å². The van der Waals surface area contributed by atoms with Crippen LogP contribution in [0.2, 0.25) is 0 Å². The maximum Gasteiger partial charge on any atom is 0.270 e. The van der Waals surface area contributed by atoms with E-state index >= 15 is 0 Å². The smallest absolute Gasteiger partial charge is 0.270 e. The van der Waals surface area contributed by atoms with Crippen LogP contribution in [0.15, 0.2) is 66.7 Å². The van der Waals surface area contributed by atoms with Crippen LogP contribution in [0.1, 0.15) is 32.0 Å². The Morgan fingerprint density at radius 3 is 2.53 bits per heavy atom. The molecule has 0 aliphatic carbocycles. The van der Waals surface area contributed by atoms with Gasteiger partial charge < -0.3 is 20.4 Å². The van der Waals surface area contributed by atoms with Gasteiger partial charge in [0.2, 0.25) is 0 Å². The Hall–Kier alpha value is -4.13. The van der Waals surface area contributed by atoms with Crippen molar-refractivity contribution in [3.63, 3.8) is 0 Å². The lowest BCUT2D eigenvalue weighted by Gasteiger charge is -2.09. The SMILES string of the molecule is COc1cccc(CNC(=O)c2[nH]c3ccc(C)cc3c2NC(=O)c2ccc(F)cc2)c1. The molecule has 0 saturated heterocycles. The highest BCUT2D eigenvalue weighted by Crippen LogP contribution is 2.29. The average molecular weight is 431 g/mol. The number of aromatic amines is 1. The van der Waals surface area contributed by atoms with Crippen LogP contribution in [0.25, 0.3) is 10.9 Å². The van der Waals surface area contributed by atoms with Gasteiger partial charge in [-0.1, -0.05) is 23.8 Å². The number of aryl methyl sites for hydroxylation is 1. The molecule has 0 aliphatic rings. The highest BCUT2D eigenvalue weighted by Gasteiger charge is 2.20. The van der Waals surface area contributed by atoms with Gasteiger partial charge in [0.1, 0.15) is 17.3 Å². The molecule has 7 heteroatoms. The Labute approximate surface area is 184 Å². The molecule has 1 heterocycles. The summed E-state index contributed by atoms with van der Waals surface area (Å²) in [5.41, 5.74) is 3.48. The highest BCUT2D eigenvalue weighted by molar-refractivity contribution is 6.15. The minimum absolute atomic E-state index is 0.240. The summed E-state index contributed by atoms with van der Waals surface area (Å²) in [5, 5.41) is 6.41. The first kappa shape index (κ1) is 21.1. The van der Waals surface area contributed by atoms with Crippen molar-refractivity contribution in [3.05, 3.63) is 94.9 Å². The molecule has 0 radical (unpaired) electrons. The predicted molar refractivity (Wildman–Crippen MR) is 122 cm³/mol. The molecule has 4 aromatic rings. The quantitative estimate of drug-likeness (QED) is 0.410. The van der Waals surface area contributed by atoms with E-state index in [1.54, 1.807) is 7.11 Å². The second kappa shape index (κ2) is 8.93. The zero-order chi connectivity index (χ0) is 22.7. The third kappa shape index (κ3) is 4.46. The Bertz CT molecular complexity index is 1300. The van der Waals surface area contributed by atoms with Crippen LogP contribution >= 0.6 is 0 Å². The first-order valence-electron chi connectivity index (χ1n) is 10.0. The maximum absolute atomic E-state index is 13.2. The van der Waals surface area contributed by atoms with Crippen LogP contribution < -0.4 is 15.4 Å². The Morgan fingerprint density at radius 1 is 1.00 bits per heavy atom. The minimum atomic E-state index is -0.436. The molecule has 2 amide bonds. The van der Waals surface area contributed by atoms with E-state index in [1.807, 2.05) is 49.4 Å². The number of amides is 2. The van der Waals surface area contributed by atoms with Crippen LogP contribution in [0.5, 0.6) is 5.75 Å². The van der Waals surface area contributed by atoms with Gasteiger partial charge >= 0.3 is 0 Å². The number of methoxy groups -OCH3 is 1. The van der Waals surface area contributed by atoms with Crippen molar-refractivity contribution < 1.29 is 18.7 Å². The number of benzene rings is 3. The number of rotatable bonds is 6. The van der Waals surface area contributed by atoms with Gasteiger partial charge in [-0.3, -0.25) is 9.59 Å². The van der Waals surface area contributed by atoms with E-state index in [0.717, 1.165) is 16.6 Å². The minimum Gasteiger partial charge on any atom is -0.497 e. The number of H-pyrrole nitrogens is 1. The fourth-order valence-electron chi connectivity index (χ4n) is 3.45. The van der Waals surface area contributed by atoms with Crippen molar-refractivity contribution in [2.45, 2.75) is 13.5 Å². The number of carbonyl (C=O) groups is 2. The lowest BCUT2D eigenvalue weighted by molar-refractivity contribution is 0.0947. The number of halogens is 1. The number of hydrogen-bond donors (Lipinski definition) is 3. The molecule has 3 aromatic carbocycles. The van der Waals surface area contributed by atoms with Crippen LogP contribution in [0, 0.1) is 12.7 Å². The van der Waals surface area contributed by atoms with Crippen molar-refractivity contribution in [3.8, 4) is 5.75 Å². The maximum atomic E-state index is 13.2. The van der Waals surface area contributed by atoms with Crippen molar-refractivity contribution in [2.24, 2.45) is 0 Å². The molecule has 0 aliphatic heterocycles. The zero-order valence-corrected chi connectivity index (χ0v) is 17.7. The molecule has 0 atom stereocenters. The van der Waals surface area contributed by atoms with Gasteiger partial charge in [0, 0.05) is 23.0 Å². The predicted octanol–water partition coefficient (Wildman–Crippen LogP) is 4.81. The van der Waals surface area contributed by atoms with Crippen LogP contribution in [-0.4, -0.2) is 23.9 Å². The van der Waals surface area contributed by atoms with Crippen molar-refractivity contribution in [2.75, 3.05) is 12.4 Å². The monoisotopic (exact) mass is 431 g/mol. The van der Waals surface area contributed by atoms with Crippen molar-refractivity contribution >= 4 is 28.4 Å². The van der Waals surface area contributed by atoms with E-state index in [2.05, 4.69) is 15.6 Å². The summed E-state index contributed by atoms with van der Waals surface area (Å²) in [6, 6.07) is 18.3. The van der Waals surface area contributed by atoms with Crippen LogP contribution in [-0.2, 0) is 6.54 Å². The van der Waals surface area contributed by atoms with Crippen molar-refractivity contribution in [1.29, 1.82) is 0 Å². The molecule has 1 aromatic heterocycles. The Kier molecular flexibility index (Phi) is 5.89. The molecule has 0 bridgehead atoms. The highest BCUT2D eigenvalue weighted by atomic mass is 19.1. The normalized spacial score (nSPS) is 10.7. The molecule has 6 nitrogen and oxygen atoms in total. The molecule has 32 heavy (non-hydrogen) atoms. The van der Waals surface area contributed by atoms with E-state index in [9.17, 15) is 14.0 Å². The third-order valence-corrected chi connectivity index (χ3v) is 5.11. The second-order valence-electron chi connectivity index (χ2n) is 7.42. The Balaban J connectivity index is 1.63. The number of carbonyl (C=O) groups excluding carboxylic acids is 2. The molecule has 0 spiro atoms. The number of nitrogens with one attached hydrogen (secondary N) is 3. The second-order valence-corrected chi connectivity index (χ2v) is 7.42. The fraction of sp³-hybridized carbons (Fsp3) is 0.120. The van der Waals surface area contributed by atoms with E-state index in [4.69, 9.17) is 4.74 Å². The fourth-order valence-corrected chi connectivity index (χ4v) is 3.45. The molecule has 0 fully saturated rings. The first-order valence-corrected chi connectivity index (χ1v) is 10.0. The number of fused-ring (bicyclic) bond motifs is 1. The molecular weight excluding hydrogens is 409 g/mol. The summed E-state index contributed by atoms with van der Waals surface area (Å²) in [5.74, 6) is -0.530. The summed E-state index contributed by atoms with van der Waals surface area (Å²) < 4.78 is 18.4. The van der Waals surface area contributed by atoms with Crippen LogP contribution in [0.4, 0.5) is 10.1 Å². The number of aromatic nitrogens is 1. The molecule has 3 N–H and O–H groups in total. The summed E-state index contributed by atoms with van der Waals surface area (Å²) >= 11 is 0. The van der Waals surface area contributed by atoms with Gasteiger partial charge in [0.15, 0.2) is 0 Å². The molecular formula is C25H22FN3O3. The van der Waals surface area contributed by atoms with Gasteiger partial charge in [-0.05, 0) is 61.0 Å². The lowest BCUT2D eigenvalue weighted by atomic mass is 10.1. The zero-order valence-electron chi connectivity index (χ0n) is 17.7. The van der Waals surface area contributed by atoms with Gasteiger partial charge in [-0.15, -0.1) is 0 Å². The summed E-state index contributed by atoms with van der Waals surface area (Å²) in [7, 11) is 1.58. The number of ether oxygens (including phenoxy) is 1. The topological polar surface area (TPSA) is 83.2 Å².